The van der Waals surface area contributed by atoms with Crippen LogP contribution in [0, 0.1) is 0 Å². The fourth-order valence-corrected chi connectivity index (χ4v) is 7.37. The predicted octanol–water partition coefficient (Wildman–Crippen LogP) is 4.91. The highest BCUT2D eigenvalue weighted by Gasteiger charge is 2.25. The van der Waals surface area contributed by atoms with E-state index in [1.807, 2.05) is 48.5 Å². The van der Waals surface area contributed by atoms with E-state index in [0.717, 1.165) is 16.4 Å². The summed E-state index contributed by atoms with van der Waals surface area (Å²) in [6.07, 6.45) is -0.593. The molecule has 43 heavy (non-hydrogen) atoms. The van der Waals surface area contributed by atoms with Gasteiger partial charge in [-0.1, -0.05) is 91.0 Å². The summed E-state index contributed by atoms with van der Waals surface area (Å²) >= 11 is 0. The van der Waals surface area contributed by atoms with E-state index < -0.39 is 32.3 Å². The second-order valence-electron chi connectivity index (χ2n) is 10.9. The van der Waals surface area contributed by atoms with Gasteiger partial charge >= 0.3 is 0 Å². The van der Waals surface area contributed by atoms with Gasteiger partial charge in [0.25, 0.3) is 0 Å². The molecule has 0 amide bonds. The molecule has 0 aliphatic carbocycles. The third kappa shape index (κ3) is 9.62. The summed E-state index contributed by atoms with van der Waals surface area (Å²) in [5.74, 6) is 1.24. The lowest BCUT2D eigenvalue weighted by Crippen LogP contribution is -2.24. The minimum Gasteiger partial charge on any atom is -0.490 e. The molecule has 4 atom stereocenters. The van der Waals surface area contributed by atoms with E-state index in [-0.39, 0.29) is 13.2 Å². The van der Waals surface area contributed by atoms with Crippen LogP contribution >= 0.6 is 7.92 Å². The Hall–Kier alpha value is -3.25. The lowest BCUT2D eigenvalue weighted by molar-refractivity contribution is 0.0805. The van der Waals surface area contributed by atoms with E-state index >= 15 is 0 Å². The molecular formula is C36H43O6P. The Morgan fingerprint density at radius 2 is 1.00 bits per heavy atom. The van der Waals surface area contributed by atoms with Crippen molar-refractivity contribution in [1.82, 2.24) is 0 Å². The minimum atomic E-state index is -1.00. The second kappa shape index (κ2) is 16.6. The monoisotopic (exact) mass is 602 g/mol. The van der Waals surface area contributed by atoms with Crippen LogP contribution < -0.4 is 25.4 Å². The molecule has 7 heteroatoms. The van der Waals surface area contributed by atoms with Crippen LogP contribution in [0.5, 0.6) is 11.5 Å². The van der Waals surface area contributed by atoms with Gasteiger partial charge in [-0.25, -0.2) is 0 Å². The molecular weight excluding hydrogens is 559 g/mol. The highest BCUT2D eigenvalue weighted by Crippen LogP contribution is 2.43. The fraction of sp³-hybridized carbons (Fsp3) is 0.333. The summed E-state index contributed by atoms with van der Waals surface area (Å²) in [5, 5.41) is 44.0. The molecule has 4 aromatic rings. The molecule has 4 rings (SSSR count). The Morgan fingerprint density at radius 3 is 1.53 bits per heavy atom. The lowest BCUT2D eigenvalue weighted by Gasteiger charge is -2.26. The molecule has 4 aromatic carbocycles. The lowest BCUT2D eigenvalue weighted by atomic mass is 10.0. The molecule has 0 spiro atoms. The Morgan fingerprint density at radius 1 is 0.535 bits per heavy atom. The molecule has 0 saturated carbocycles. The first-order valence-electron chi connectivity index (χ1n) is 14.9. The van der Waals surface area contributed by atoms with Crippen molar-refractivity contribution in [3.05, 3.63) is 103 Å². The average molecular weight is 603 g/mol. The van der Waals surface area contributed by atoms with E-state index in [4.69, 9.17) is 9.47 Å². The molecule has 0 heterocycles. The van der Waals surface area contributed by atoms with E-state index in [2.05, 4.69) is 54.6 Å². The van der Waals surface area contributed by atoms with Crippen molar-refractivity contribution in [2.24, 2.45) is 0 Å². The van der Waals surface area contributed by atoms with Gasteiger partial charge in [0.15, 0.2) is 0 Å². The Kier molecular flexibility index (Phi) is 12.6. The first-order chi connectivity index (χ1) is 20.8. The quantitative estimate of drug-likeness (QED) is 0.136. The molecule has 228 valence electrons. The summed E-state index contributed by atoms with van der Waals surface area (Å²) < 4.78 is 12.6. The van der Waals surface area contributed by atoms with E-state index in [1.54, 1.807) is 13.8 Å². The van der Waals surface area contributed by atoms with Gasteiger partial charge in [0, 0.05) is 11.1 Å². The predicted molar refractivity (Wildman–Crippen MR) is 175 cm³/mol. The van der Waals surface area contributed by atoms with Gasteiger partial charge in [0.1, 0.15) is 24.7 Å². The van der Waals surface area contributed by atoms with Crippen molar-refractivity contribution in [2.45, 2.75) is 63.9 Å². The molecule has 0 aliphatic rings. The van der Waals surface area contributed by atoms with Crippen LogP contribution in [0.2, 0.25) is 0 Å². The summed E-state index contributed by atoms with van der Waals surface area (Å²) in [7, 11) is -1.00. The van der Waals surface area contributed by atoms with Crippen molar-refractivity contribution < 1.29 is 29.9 Å². The molecule has 0 bridgehead atoms. The van der Waals surface area contributed by atoms with Crippen LogP contribution in [-0.4, -0.2) is 58.1 Å². The molecule has 0 aliphatic heterocycles. The van der Waals surface area contributed by atoms with Crippen LogP contribution in [0.25, 0.3) is 11.1 Å². The van der Waals surface area contributed by atoms with Gasteiger partial charge in [-0.3, -0.25) is 0 Å². The van der Waals surface area contributed by atoms with Crippen molar-refractivity contribution in [3.63, 3.8) is 0 Å². The molecule has 4 N–H and O–H groups in total. The van der Waals surface area contributed by atoms with Crippen molar-refractivity contribution in [2.75, 3.05) is 13.2 Å². The smallest absolute Gasteiger partial charge is 0.128 e. The normalized spacial score (nSPS) is 14.2. The van der Waals surface area contributed by atoms with Crippen molar-refractivity contribution in [1.29, 1.82) is 0 Å². The third-order valence-electron chi connectivity index (χ3n) is 7.13. The molecule has 0 saturated heterocycles. The zero-order valence-corrected chi connectivity index (χ0v) is 25.8. The van der Waals surface area contributed by atoms with Crippen LogP contribution in [-0.2, 0) is 0 Å². The van der Waals surface area contributed by atoms with Crippen LogP contribution in [0.4, 0.5) is 0 Å². The number of aliphatic hydroxyl groups excluding tert-OH is 4. The Bertz CT molecular complexity index is 1340. The number of ether oxygens (including phenoxy) is 2. The molecule has 0 unspecified atom stereocenters. The Balaban J connectivity index is 1.79. The number of para-hydroxylation sites is 1. The molecule has 6 nitrogen and oxygen atoms in total. The summed E-state index contributed by atoms with van der Waals surface area (Å²) in [4.78, 5) is 0. The number of aliphatic hydroxyl groups is 4. The number of hydrogen-bond donors (Lipinski definition) is 4. The van der Waals surface area contributed by atoms with Crippen molar-refractivity contribution >= 4 is 23.8 Å². The number of benzene rings is 4. The zero-order valence-electron chi connectivity index (χ0n) is 24.9. The number of hydrogen-bond acceptors (Lipinski definition) is 6. The van der Waals surface area contributed by atoms with E-state index in [0.29, 0.717) is 37.2 Å². The van der Waals surface area contributed by atoms with Gasteiger partial charge in [-0.2, -0.15) is 0 Å². The standard InChI is InChI=1S/C36H43O6P/c1-26(37)20-22-28(39)24-41-33-17-10-9-16-32(33)36-34(42-25-29(40)23-21-27(2)38)18-11-19-35(36)43(30-12-5-3-6-13-30)31-14-7-4-8-15-31/h3-19,26-29,37-40H,20-25H2,1-2H3/t26-,27-,28-,29-/m1/s1. The fourth-order valence-electron chi connectivity index (χ4n) is 4.88. The van der Waals surface area contributed by atoms with Gasteiger partial charge < -0.3 is 29.9 Å². The first kappa shape index (κ1) is 32.7. The van der Waals surface area contributed by atoms with Crippen molar-refractivity contribution in [3.8, 4) is 22.6 Å². The van der Waals surface area contributed by atoms with Gasteiger partial charge in [0.05, 0.1) is 24.4 Å². The third-order valence-corrected chi connectivity index (χ3v) is 9.61. The van der Waals surface area contributed by atoms with Gasteiger partial charge in [-0.05, 0) is 75.5 Å². The maximum Gasteiger partial charge on any atom is 0.128 e. The van der Waals surface area contributed by atoms with Crippen LogP contribution in [0.15, 0.2) is 103 Å². The first-order valence-corrected chi connectivity index (χ1v) is 16.3. The van der Waals surface area contributed by atoms with E-state index in [1.165, 1.54) is 10.6 Å². The largest absolute Gasteiger partial charge is 0.490 e. The molecule has 0 radical (unpaired) electrons. The minimum absolute atomic E-state index is 0.0822. The summed E-state index contributed by atoms with van der Waals surface area (Å²) in [6.45, 7) is 3.59. The number of rotatable bonds is 16. The summed E-state index contributed by atoms with van der Waals surface area (Å²) in [5.41, 5.74) is 1.70. The maximum absolute atomic E-state index is 10.6. The second-order valence-corrected chi connectivity index (χ2v) is 13.1. The van der Waals surface area contributed by atoms with E-state index in [9.17, 15) is 20.4 Å². The Labute approximate surface area is 256 Å². The maximum atomic E-state index is 10.6. The molecule has 0 aromatic heterocycles. The highest BCUT2D eigenvalue weighted by molar-refractivity contribution is 7.80. The topological polar surface area (TPSA) is 99.4 Å². The SMILES string of the molecule is C[C@@H](O)CC[C@@H](O)COc1ccccc1-c1c(OC[C@H](O)CC[C@@H](C)O)cccc1P(c1ccccc1)c1ccccc1. The highest BCUT2D eigenvalue weighted by atomic mass is 31.1. The summed E-state index contributed by atoms with van der Waals surface area (Å²) in [6, 6.07) is 34.6. The van der Waals surface area contributed by atoms with Crippen LogP contribution in [0.1, 0.15) is 39.5 Å². The van der Waals surface area contributed by atoms with Crippen LogP contribution in [0.3, 0.4) is 0 Å². The average Bonchev–Trinajstić information content (AvgIpc) is 3.02. The van der Waals surface area contributed by atoms with Gasteiger partial charge in [-0.15, -0.1) is 0 Å². The van der Waals surface area contributed by atoms with Gasteiger partial charge in [0.2, 0.25) is 0 Å². The zero-order chi connectivity index (χ0) is 30.6. The molecule has 0 fully saturated rings.